The third-order valence-electron chi connectivity index (χ3n) is 6.49. The van der Waals surface area contributed by atoms with E-state index in [4.69, 9.17) is 4.74 Å². The highest BCUT2D eigenvalue weighted by atomic mass is 79.9. The molecule has 3 aromatic rings. The fraction of sp³-hybridized carbons (Fsp3) is 0.345. The first-order valence-corrected chi connectivity index (χ1v) is 15.2. The minimum absolute atomic E-state index is 0.103. The summed E-state index contributed by atoms with van der Waals surface area (Å²) < 4.78 is 34.5. The van der Waals surface area contributed by atoms with Gasteiger partial charge < -0.3 is 10.1 Å². The monoisotopic (exact) mass is 599 g/mol. The molecule has 0 saturated carbocycles. The Kier molecular flexibility index (Phi) is 9.82. The van der Waals surface area contributed by atoms with Crippen LogP contribution >= 0.6 is 15.9 Å². The van der Waals surface area contributed by atoms with Crippen molar-refractivity contribution in [2.75, 3.05) is 30.5 Å². The Morgan fingerprint density at radius 3 is 2.18 bits per heavy atom. The van der Waals surface area contributed by atoms with E-state index in [-0.39, 0.29) is 11.4 Å². The number of piperidine rings is 1. The van der Waals surface area contributed by atoms with Crippen molar-refractivity contribution in [1.82, 2.24) is 10.2 Å². The smallest absolute Gasteiger partial charge is 0.264 e. The molecule has 1 saturated heterocycles. The lowest BCUT2D eigenvalue weighted by molar-refractivity contribution is -0.119. The summed E-state index contributed by atoms with van der Waals surface area (Å²) in [6, 6.07) is 21.3. The van der Waals surface area contributed by atoms with Gasteiger partial charge in [0.25, 0.3) is 10.0 Å². The molecule has 1 heterocycles. The summed E-state index contributed by atoms with van der Waals surface area (Å²) in [5.74, 6) is 0.238. The molecule has 0 bridgehead atoms. The summed E-state index contributed by atoms with van der Waals surface area (Å²) in [5.41, 5.74) is 2.60. The first-order chi connectivity index (χ1) is 18.3. The molecule has 4 rings (SSSR count). The van der Waals surface area contributed by atoms with Crippen LogP contribution in [0.25, 0.3) is 0 Å². The van der Waals surface area contributed by atoms with Gasteiger partial charge >= 0.3 is 0 Å². The number of benzene rings is 3. The number of likely N-dealkylation sites (tertiary alicyclic amines) is 1. The highest BCUT2D eigenvalue weighted by Crippen LogP contribution is 2.26. The standard InChI is InChI=1S/C29H34BrN3O4S/c1-2-37-27-14-12-26(13-15-27)33(38(35,36)28-16-10-25(30)11-17-28)22-29(34)31-20-23-6-8-24(9-7-23)21-32-18-4-3-5-19-32/h6-17H,2-5,18-22H2,1H3,(H,31,34). The van der Waals surface area contributed by atoms with E-state index in [1.165, 1.54) is 37.0 Å². The molecule has 202 valence electrons. The second-order valence-corrected chi connectivity index (χ2v) is 12.1. The van der Waals surface area contributed by atoms with Crippen LogP contribution in [-0.4, -0.2) is 45.5 Å². The Balaban J connectivity index is 1.44. The van der Waals surface area contributed by atoms with Gasteiger partial charge in [-0.3, -0.25) is 14.0 Å². The van der Waals surface area contributed by atoms with Gasteiger partial charge in [0, 0.05) is 17.6 Å². The zero-order chi connectivity index (χ0) is 27.0. The summed E-state index contributed by atoms with van der Waals surface area (Å²) >= 11 is 3.34. The molecule has 0 radical (unpaired) electrons. The van der Waals surface area contributed by atoms with Gasteiger partial charge in [-0.1, -0.05) is 46.6 Å². The lowest BCUT2D eigenvalue weighted by atomic mass is 10.1. The Morgan fingerprint density at radius 1 is 0.921 bits per heavy atom. The van der Waals surface area contributed by atoms with Gasteiger partial charge in [0.1, 0.15) is 12.3 Å². The summed E-state index contributed by atoms with van der Waals surface area (Å²) in [5, 5.41) is 2.88. The predicted octanol–water partition coefficient (Wildman–Crippen LogP) is 5.35. The normalized spacial score (nSPS) is 14.2. The molecule has 1 amide bonds. The molecule has 0 aromatic heterocycles. The largest absolute Gasteiger partial charge is 0.494 e. The van der Waals surface area contributed by atoms with Crippen molar-refractivity contribution in [3.8, 4) is 5.75 Å². The van der Waals surface area contributed by atoms with Crippen LogP contribution in [0.1, 0.15) is 37.3 Å². The Labute approximate surface area is 234 Å². The zero-order valence-electron chi connectivity index (χ0n) is 21.6. The van der Waals surface area contributed by atoms with Crippen molar-refractivity contribution in [1.29, 1.82) is 0 Å². The molecule has 7 nitrogen and oxygen atoms in total. The number of ether oxygens (including phenoxy) is 1. The van der Waals surface area contributed by atoms with E-state index in [1.54, 1.807) is 36.4 Å². The van der Waals surface area contributed by atoms with E-state index >= 15 is 0 Å². The van der Waals surface area contributed by atoms with Crippen LogP contribution in [0.15, 0.2) is 82.2 Å². The second kappa shape index (κ2) is 13.3. The Morgan fingerprint density at radius 2 is 1.55 bits per heavy atom. The van der Waals surface area contributed by atoms with Crippen LogP contribution in [0.3, 0.4) is 0 Å². The van der Waals surface area contributed by atoms with Gasteiger partial charge in [0.2, 0.25) is 5.91 Å². The molecule has 0 aliphatic carbocycles. The predicted molar refractivity (Wildman–Crippen MR) is 154 cm³/mol. The molecule has 1 fully saturated rings. The number of sulfonamides is 1. The number of halogens is 1. The zero-order valence-corrected chi connectivity index (χ0v) is 24.0. The van der Waals surface area contributed by atoms with E-state index < -0.39 is 15.9 Å². The van der Waals surface area contributed by atoms with Crippen LogP contribution < -0.4 is 14.4 Å². The van der Waals surface area contributed by atoms with Crippen LogP contribution in [0.5, 0.6) is 5.75 Å². The maximum Gasteiger partial charge on any atom is 0.264 e. The van der Waals surface area contributed by atoms with Crippen LogP contribution in [-0.2, 0) is 27.9 Å². The molecule has 9 heteroatoms. The Bertz CT molecular complexity index is 1290. The fourth-order valence-electron chi connectivity index (χ4n) is 4.45. The van der Waals surface area contributed by atoms with Gasteiger partial charge in [-0.25, -0.2) is 8.42 Å². The van der Waals surface area contributed by atoms with Gasteiger partial charge in [-0.05, 0) is 92.5 Å². The highest BCUT2D eigenvalue weighted by molar-refractivity contribution is 9.10. The lowest BCUT2D eigenvalue weighted by Gasteiger charge is -2.26. The van der Waals surface area contributed by atoms with Gasteiger partial charge in [0.15, 0.2) is 0 Å². The molecule has 3 aromatic carbocycles. The minimum Gasteiger partial charge on any atom is -0.494 e. The average Bonchev–Trinajstić information content (AvgIpc) is 2.93. The number of hydrogen-bond donors (Lipinski definition) is 1. The summed E-state index contributed by atoms with van der Waals surface area (Å²) in [7, 11) is -3.99. The summed E-state index contributed by atoms with van der Waals surface area (Å²) in [6.45, 7) is 5.58. The van der Waals surface area contributed by atoms with E-state index in [0.717, 1.165) is 34.0 Å². The molecule has 1 N–H and O–H groups in total. The van der Waals surface area contributed by atoms with Crippen molar-refractivity contribution < 1.29 is 17.9 Å². The van der Waals surface area contributed by atoms with Gasteiger partial charge in [0.05, 0.1) is 17.2 Å². The van der Waals surface area contributed by atoms with E-state index in [2.05, 4.69) is 38.3 Å². The molecule has 1 aliphatic heterocycles. The van der Waals surface area contributed by atoms with Crippen LogP contribution in [0, 0.1) is 0 Å². The molecular weight excluding hydrogens is 566 g/mol. The maximum absolute atomic E-state index is 13.6. The van der Waals surface area contributed by atoms with E-state index in [9.17, 15) is 13.2 Å². The lowest BCUT2D eigenvalue weighted by Crippen LogP contribution is -2.40. The topological polar surface area (TPSA) is 79.0 Å². The molecule has 0 unspecified atom stereocenters. The number of carbonyl (C=O) groups excluding carboxylic acids is 1. The highest BCUT2D eigenvalue weighted by Gasteiger charge is 2.27. The quantitative estimate of drug-likeness (QED) is 0.321. The third kappa shape index (κ3) is 7.58. The van der Waals surface area contributed by atoms with Crippen molar-refractivity contribution >= 4 is 37.5 Å². The average molecular weight is 601 g/mol. The second-order valence-electron chi connectivity index (χ2n) is 9.32. The van der Waals surface area contributed by atoms with Crippen molar-refractivity contribution in [2.24, 2.45) is 0 Å². The molecule has 0 atom stereocenters. The summed E-state index contributed by atoms with van der Waals surface area (Å²) in [6.07, 6.45) is 3.83. The van der Waals surface area contributed by atoms with E-state index in [1.807, 2.05) is 19.1 Å². The third-order valence-corrected chi connectivity index (χ3v) is 8.81. The number of hydrogen-bond acceptors (Lipinski definition) is 5. The molecule has 1 aliphatic rings. The molecular formula is C29H34BrN3O4S. The maximum atomic E-state index is 13.6. The first kappa shape index (κ1) is 28.1. The fourth-order valence-corrected chi connectivity index (χ4v) is 6.13. The first-order valence-electron chi connectivity index (χ1n) is 12.9. The number of amides is 1. The van der Waals surface area contributed by atoms with Crippen molar-refractivity contribution in [2.45, 2.75) is 44.2 Å². The van der Waals surface area contributed by atoms with E-state index in [0.29, 0.717) is 24.6 Å². The molecule has 0 spiro atoms. The van der Waals surface area contributed by atoms with Gasteiger partial charge in [-0.15, -0.1) is 0 Å². The summed E-state index contributed by atoms with van der Waals surface area (Å²) in [4.78, 5) is 15.6. The number of rotatable bonds is 11. The SMILES string of the molecule is CCOc1ccc(N(CC(=O)NCc2ccc(CN3CCCCC3)cc2)S(=O)(=O)c2ccc(Br)cc2)cc1. The van der Waals surface area contributed by atoms with Gasteiger partial charge in [-0.2, -0.15) is 0 Å². The number of nitrogens with one attached hydrogen (secondary N) is 1. The molecule has 38 heavy (non-hydrogen) atoms. The number of carbonyl (C=O) groups is 1. The van der Waals surface area contributed by atoms with Crippen molar-refractivity contribution in [3.63, 3.8) is 0 Å². The van der Waals surface area contributed by atoms with Crippen LogP contribution in [0.4, 0.5) is 5.69 Å². The number of nitrogens with zero attached hydrogens (tertiary/aromatic N) is 2. The van der Waals surface area contributed by atoms with Crippen LogP contribution in [0.2, 0.25) is 0 Å². The number of anilines is 1. The van der Waals surface area contributed by atoms with Crippen molar-refractivity contribution in [3.05, 3.63) is 88.4 Å². The Hall–Kier alpha value is -2.88. The minimum atomic E-state index is -3.99.